The standard InChI is InChI=1S/C16H35N.C15H33N/c1-3-5-7-9-11-13-15-17-16-14-12-10-8-6-4-2;1-4-7-10-13-16(14-11-8-5-2)15-12-9-6-3/h17H,3-16H2,1-2H3;4-15H2,1-3H3. The third-order valence-corrected chi connectivity index (χ3v) is 6.65. The predicted octanol–water partition coefficient (Wildman–Crippen LogP) is 10.2. The van der Waals surface area contributed by atoms with E-state index in [0.29, 0.717) is 0 Å². The number of unbranched alkanes of at least 4 members (excludes halogenated alkanes) is 16. The third kappa shape index (κ3) is 34.2. The maximum atomic E-state index is 3.57. The molecule has 0 aromatic rings. The van der Waals surface area contributed by atoms with Crippen molar-refractivity contribution in [3.05, 3.63) is 0 Å². The van der Waals surface area contributed by atoms with E-state index in [2.05, 4.69) is 44.8 Å². The van der Waals surface area contributed by atoms with Crippen molar-refractivity contribution in [2.45, 2.75) is 169 Å². The lowest BCUT2D eigenvalue weighted by Crippen LogP contribution is -2.27. The van der Waals surface area contributed by atoms with Crippen LogP contribution in [0.1, 0.15) is 169 Å². The fourth-order valence-corrected chi connectivity index (χ4v) is 4.28. The van der Waals surface area contributed by atoms with Gasteiger partial charge in [0, 0.05) is 0 Å². The maximum absolute atomic E-state index is 3.57. The Kier molecular flexibility index (Phi) is 36.2. The molecule has 0 saturated heterocycles. The first-order valence-corrected chi connectivity index (χ1v) is 15.7. The van der Waals surface area contributed by atoms with Gasteiger partial charge in [-0.1, -0.05) is 137 Å². The molecule has 0 atom stereocenters. The molecule has 0 aromatic heterocycles. The second kappa shape index (κ2) is 34.1. The van der Waals surface area contributed by atoms with Crippen molar-refractivity contribution < 1.29 is 0 Å². The minimum absolute atomic E-state index is 1.24. The largest absolute Gasteiger partial charge is 0.317 e. The molecule has 0 spiro atoms. The molecule has 1 N–H and O–H groups in total. The highest BCUT2D eigenvalue weighted by Crippen LogP contribution is 2.06. The molecule has 0 bridgehead atoms. The van der Waals surface area contributed by atoms with Crippen molar-refractivity contribution in [1.29, 1.82) is 0 Å². The molecule has 33 heavy (non-hydrogen) atoms. The van der Waals surface area contributed by atoms with Crippen molar-refractivity contribution in [1.82, 2.24) is 10.2 Å². The molecule has 0 amide bonds. The zero-order chi connectivity index (χ0) is 24.7. The van der Waals surface area contributed by atoms with Gasteiger partial charge in [-0.05, 0) is 64.8 Å². The van der Waals surface area contributed by atoms with Crippen LogP contribution in [0.25, 0.3) is 0 Å². The summed E-state index contributed by atoms with van der Waals surface area (Å²) < 4.78 is 0. The van der Waals surface area contributed by atoms with E-state index in [1.165, 1.54) is 168 Å². The van der Waals surface area contributed by atoms with E-state index in [9.17, 15) is 0 Å². The Hall–Kier alpha value is -0.0800. The quantitative estimate of drug-likeness (QED) is 0.127. The highest BCUT2D eigenvalue weighted by Gasteiger charge is 2.03. The minimum Gasteiger partial charge on any atom is -0.317 e. The van der Waals surface area contributed by atoms with Crippen LogP contribution in [0.15, 0.2) is 0 Å². The second-order valence-electron chi connectivity index (χ2n) is 10.2. The highest BCUT2D eigenvalue weighted by atomic mass is 15.1. The Balaban J connectivity index is 0. The lowest BCUT2D eigenvalue weighted by atomic mass is 10.1. The lowest BCUT2D eigenvalue weighted by molar-refractivity contribution is 0.256. The zero-order valence-electron chi connectivity index (χ0n) is 24.3. The van der Waals surface area contributed by atoms with Gasteiger partial charge < -0.3 is 10.2 Å². The van der Waals surface area contributed by atoms with Gasteiger partial charge in [-0.25, -0.2) is 0 Å². The predicted molar refractivity (Wildman–Crippen MR) is 155 cm³/mol. The van der Waals surface area contributed by atoms with Crippen LogP contribution in [0.5, 0.6) is 0 Å². The fraction of sp³-hybridized carbons (Fsp3) is 1.00. The Morgan fingerprint density at radius 2 is 0.606 bits per heavy atom. The van der Waals surface area contributed by atoms with Crippen LogP contribution in [-0.4, -0.2) is 37.6 Å². The molecule has 0 rings (SSSR count). The summed E-state index contributed by atoms with van der Waals surface area (Å²) in [5, 5.41) is 3.57. The van der Waals surface area contributed by atoms with Crippen molar-refractivity contribution >= 4 is 0 Å². The first-order chi connectivity index (χ1) is 16.3. The summed E-state index contributed by atoms with van der Waals surface area (Å²) in [4.78, 5) is 2.70. The zero-order valence-corrected chi connectivity index (χ0v) is 24.3. The van der Waals surface area contributed by atoms with Crippen molar-refractivity contribution in [3.63, 3.8) is 0 Å². The molecule has 0 aliphatic carbocycles. The number of hydrogen-bond donors (Lipinski definition) is 1. The van der Waals surface area contributed by atoms with Gasteiger partial charge in [-0.3, -0.25) is 0 Å². The van der Waals surface area contributed by atoms with Crippen LogP contribution < -0.4 is 5.32 Å². The third-order valence-electron chi connectivity index (χ3n) is 6.65. The normalized spacial score (nSPS) is 11.1. The van der Waals surface area contributed by atoms with Gasteiger partial charge in [-0.15, -0.1) is 0 Å². The molecule has 2 heteroatoms. The Bertz CT molecular complexity index is 268. The lowest BCUT2D eigenvalue weighted by Gasteiger charge is -2.22. The molecular weight excluding hydrogens is 400 g/mol. The van der Waals surface area contributed by atoms with Crippen LogP contribution >= 0.6 is 0 Å². The van der Waals surface area contributed by atoms with Gasteiger partial charge in [0.2, 0.25) is 0 Å². The molecular formula is C31H68N2. The summed E-state index contributed by atoms with van der Waals surface area (Å²) in [5.41, 5.74) is 0. The van der Waals surface area contributed by atoms with E-state index in [-0.39, 0.29) is 0 Å². The van der Waals surface area contributed by atoms with E-state index < -0.39 is 0 Å². The van der Waals surface area contributed by atoms with Crippen molar-refractivity contribution in [3.8, 4) is 0 Å². The monoisotopic (exact) mass is 469 g/mol. The molecule has 0 aliphatic rings. The minimum atomic E-state index is 1.24. The van der Waals surface area contributed by atoms with Gasteiger partial charge in [0.05, 0.1) is 0 Å². The number of nitrogens with zero attached hydrogens (tertiary/aromatic N) is 1. The summed E-state index contributed by atoms with van der Waals surface area (Å²) in [6.07, 6.45) is 29.3. The molecule has 2 nitrogen and oxygen atoms in total. The fourth-order valence-electron chi connectivity index (χ4n) is 4.28. The Morgan fingerprint density at radius 3 is 0.939 bits per heavy atom. The molecule has 0 heterocycles. The Morgan fingerprint density at radius 1 is 0.333 bits per heavy atom. The molecule has 0 aliphatic heterocycles. The average molecular weight is 469 g/mol. The van der Waals surface area contributed by atoms with Crippen LogP contribution in [0, 0.1) is 0 Å². The van der Waals surface area contributed by atoms with Gasteiger partial charge >= 0.3 is 0 Å². The topological polar surface area (TPSA) is 15.3 Å². The Labute approximate surface area is 212 Å². The van der Waals surface area contributed by atoms with Crippen LogP contribution in [0.2, 0.25) is 0 Å². The van der Waals surface area contributed by atoms with Crippen LogP contribution in [0.3, 0.4) is 0 Å². The maximum Gasteiger partial charge on any atom is -0.00187 e. The summed E-state index contributed by atoms with van der Waals surface area (Å²) in [7, 11) is 0. The van der Waals surface area contributed by atoms with Crippen molar-refractivity contribution in [2.24, 2.45) is 0 Å². The molecule has 0 saturated carbocycles. The van der Waals surface area contributed by atoms with E-state index in [0.717, 1.165) is 0 Å². The highest BCUT2D eigenvalue weighted by molar-refractivity contribution is 4.59. The van der Waals surface area contributed by atoms with Crippen molar-refractivity contribution in [2.75, 3.05) is 32.7 Å². The number of nitrogens with one attached hydrogen (secondary N) is 1. The van der Waals surface area contributed by atoms with E-state index in [1.807, 2.05) is 0 Å². The SMILES string of the molecule is CCCCCCCCNCCCCCCCC.CCCCCN(CCCCC)CCCCC. The smallest absolute Gasteiger partial charge is 0.00187 e. The van der Waals surface area contributed by atoms with Gasteiger partial charge in [0.15, 0.2) is 0 Å². The molecule has 0 unspecified atom stereocenters. The first kappa shape index (κ1) is 35.1. The van der Waals surface area contributed by atoms with E-state index >= 15 is 0 Å². The van der Waals surface area contributed by atoms with Crippen LogP contribution in [0.4, 0.5) is 0 Å². The molecule has 202 valence electrons. The summed E-state index contributed by atoms with van der Waals surface area (Å²) in [5.74, 6) is 0. The van der Waals surface area contributed by atoms with Crippen LogP contribution in [-0.2, 0) is 0 Å². The van der Waals surface area contributed by atoms with Gasteiger partial charge in [-0.2, -0.15) is 0 Å². The second-order valence-corrected chi connectivity index (χ2v) is 10.2. The average Bonchev–Trinajstić information content (AvgIpc) is 2.82. The molecule has 0 fully saturated rings. The molecule has 0 radical (unpaired) electrons. The summed E-state index contributed by atoms with van der Waals surface area (Å²) in [6.45, 7) is 17.9. The molecule has 0 aromatic carbocycles. The number of rotatable bonds is 26. The van der Waals surface area contributed by atoms with Gasteiger partial charge in [0.25, 0.3) is 0 Å². The first-order valence-electron chi connectivity index (χ1n) is 15.7. The van der Waals surface area contributed by atoms with E-state index in [1.54, 1.807) is 0 Å². The van der Waals surface area contributed by atoms with Gasteiger partial charge in [0.1, 0.15) is 0 Å². The summed E-state index contributed by atoms with van der Waals surface area (Å²) >= 11 is 0. The van der Waals surface area contributed by atoms with E-state index in [4.69, 9.17) is 0 Å². The number of hydrogen-bond acceptors (Lipinski definition) is 2. The summed E-state index contributed by atoms with van der Waals surface area (Å²) in [6, 6.07) is 0.